The highest BCUT2D eigenvalue weighted by Crippen LogP contribution is 2.52. The number of nitrogens with zero attached hydrogens (tertiary/aromatic N) is 1. The van der Waals surface area contributed by atoms with Crippen LogP contribution in [0.5, 0.6) is 0 Å². The van der Waals surface area contributed by atoms with Gasteiger partial charge >= 0.3 is 0 Å². The SMILES string of the molecule is CCC1CCCN(C2(CN)CCC3(CCCC3)CC2)CC1. The number of likely N-dealkylation sites (tertiary alicyclic amines) is 1. The van der Waals surface area contributed by atoms with Gasteiger partial charge in [-0.05, 0) is 82.2 Å². The zero-order chi connectivity index (χ0) is 14.8. The second-order valence-corrected chi connectivity index (χ2v) is 8.33. The van der Waals surface area contributed by atoms with Crippen molar-refractivity contribution in [2.45, 2.75) is 89.5 Å². The average molecular weight is 293 g/mol. The number of hydrogen-bond acceptors (Lipinski definition) is 2. The van der Waals surface area contributed by atoms with Gasteiger partial charge < -0.3 is 5.73 Å². The molecule has 21 heavy (non-hydrogen) atoms. The topological polar surface area (TPSA) is 29.3 Å². The molecule has 0 aromatic carbocycles. The van der Waals surface area contributed by atoms with Crippen LogP contribution in [0, 0.1) is 11.3 Å². The van der Waals surface area contributed by atoms with Crippen molar-refractivity contribution >= 4 is 0 Å². The maximum absolute atomic E-state index is 6.33. The minimum Gasteiger partial charge on any atom is -0.329 e. The molecule has 1 spiro atoms. The van der Waals surface area contributed by atoms with Crippen molar-refractivity contribution in [1.82, 2.24) is 4.90 Å². The Labute approximate surface area is 131 Å². The summed E-state index contributed by atoms with van der Waals surface area (Å²) in [5.74, 6) is 0.967. The van der Waals surface area contributed by atoms with Crippen molar-refractivity contribution in [2.75, 3.05) is 19.6 Å². The minimum atomic E-state index is 0.358. The van der Waals surface area contributed by atoms with Crippen LogP contribution in [0.1, 0.15) is 84.0 Å². The highest BCUT2D eigenvalue weighted by atomic mass is 15.2. The molecule has 0 aromatic rings. The Balaban J connectivity index is 1.64. The average Bonchev–Trinajstić information content (AvgIpc) is 2.84. The lowest BCUT2D eigenvalue weighted by atomic mass is 9.66. The van der Waals surface area contributed by atoms with Crippen LogP contribution >= 0.6 is 0 Å². The standard InChI is InChI=1S/C19H36N2/c1-2-17-6-5-14-21(15-7-17)19(16-20)12-10-18(11-13-19)8-3-4-9-18/h17H,2-16,20H2,1H3. The Kier molecular flexibility index (Phi) is 4.95. The minimum absolute atomic E-state index is 0.358. The molecule has 0 radical (unpaired) electrons. The van der Waals surface area contributed by atoms with Crippen molar-refractivity contribution in [3.63, 3.8) is 0 Å². The summed E-state index contributed by atoms with van der Waals surface area (Å²) < 4.78 is 0. The summed E-state index contributed by atoms with van der Waals surface area (Å²) in [6, 6.07) is 0. The Morgan fingerprint density at radius 2 is 1.62 bits per heavy atom. The maximum atomic E-state index is 6.33. The van der Waals surface area contributed by atoms with E-state index in [9.17, 15) is 0 Å². The van der Waals surface area contributed by atoms with Crippen LogP contribution in [-0.2, 0) is 0 Å². The van der Waals surface area contributed by atoms with E-state index in [0.717, 1.165) is 17.9 Å². The predicted molar refractivity (Wildman–Crippen MR) is 90.4 cm³/mol. The van der Waals surface area contributed by atoms with E-state index in [2.05, 4.69) is 11.8 Å². The summed E-state index contributed by atoms with van der Waals surface area (Å²) in [6.07, 6.45) is 17.3. The van der Waals surface area contributed by atoms with Crippen LogP contribution in [0.4, 0.5) is 0 Å². The lowest BCUT2D eigenvalue weighted by Crippen LogP contribution is -2.57. The molecule has 2 nitrogen and oxygen atoms in total. The molecule has 122 valence electrons. The van der Waals surface area contributed by atoms with E-state index in [1.54, 1.807) is 0 Å². The van der Waals surface area contributed by atoms with Gasteiger partial charge in [0.2, 0.25) is 0 Å². The van der Waals surface area contributed by atoms with Crippen LogP contribution in [0.15, 0.2) is 0 Å². The first-order chi connectivity index (χ1) is 10.2. The second kappa shape index (κ2) is 6.58. The van der Waals surface area contributed by atoms with Gasteiger partial charge in [-0.3, -0.25) is 4.90 Å². The molecule has 1 heterocycles. The summed E-state index contributed by atoms with van der Waals surface area (Å²) in [5, 5.41) is 0. The third kappa shape index (κ3) is 3.17. The van der Waals surface area contributed by atoms with Crippen LogP contribution in [-0.4, -0.2) is 30.1 Å². The fraction of sp³-hybridized carbons (Fsp3) is 1.00. The zero-order valence-electron chi connectivity index (χ0n) is 14.2. The molecule has 2 aliphatic carbocycles. The van der Waals surface area contributed by atoms with Crippen LogP contribution in [0.2, 0.25) is 0 Å². The third-order valence-electron chi connectivity index (χ3n) is 7.38. The van der Waals surface area contributed by atoms with Crippen molar-refractivity contribution in [1.29, 1.82) is 0 Å². The van der Waals surface area contributed by atoms with Crippen molar-refractivity contribution in [3.05, 3.63) is 0 Å². The van der Waals surface area contributed by atoms with Crippen molar-refractivity contribution < 1.29 is 0 Å². The van der Waals surface area contributed by atoms with Crippen molar-refractivity contribution in [2.24, 2.45) is 17.1 Å². The molecule has 3 aliphatic rings. The van der Waals surface area contributed by atoms with Gasteiger partial charge in [-0.1, -0.05) is 26.2 Å². The van der Waals surface area contributed by atoms with Gasteiger partial charge in [-0.25, -0.2) is 0 Å². The van der Waals surface area contributed by atoms with E-state index in [1.165, 1.54) is 90.1 Å². The molecular formula is C19H36N2. The fourth-order valence-electron chi connectivity index (χ4n) is 5.57. The van der Waals surface area contributed by atoms with E-state index in [-0.39, 0.29) is 0 Å². The van der Waals surface area contributed by atoms with E-state index < -0.39 is 0 Å². The van der Waals surface area contributed by atoms with Gasteiger partial charge in [-0.2, -0.15) is 0 Å². The van der Waals surface area contributed by atoms with Crippen molar-refractivity contribution in [3.8, 4) is 0 Å². The fourth-order valence-corrected chi connectivity index (χ4v) is 5.57. The van der Waals surface area contributed by atoms with E-state index >= 15 is 0 Å². The highest BCUT2D eigenvalue weighted by Gasteiger charge is 2.46. The van der Waals surface area contributed by atoms with Gasteiger partial charge in [0.1, 0.15) is 0 Å². The molecule has 3 fully saturated rings. The molecule has 0 aromatic heterocycles. The van der Waals surface area contributed by atoms with Crippen LogP contribution in [0.25, 0.3) is 0 Å². The van der Waals surface area contributed by atoms with Crippen LogP contribution < -0.4 is 5.73 Å². The van der Waals surface area contributed by atoms with Gasteiger partial charge in [0.25, 0.3) is 0 Å². The number of hydrogen-bond donors (Lipinski definition) is 1. The smallest absolute Gasteiger partial charge is 0.0332 e. The third-order valence-corrected chi connectivity index (χ3v) is 7.38. The van der Waals surface area contributed by atoms with E-state index in [0.29, 0.717) is 5.54 Å². The number of nitrogens with two attached hydrogens (primary N) is 1. The molecule has 2 saturated carbocycles. The van der Waals surface area contributed by atoms with Gasteiger partial charge in [0, 0.05) is 12.1 Å². The summed E-state index contributed by atoms with van der Waals surface area (Å²) in [6.45, 7) is 5.87. The molecule has 3 rings (SSSR count). The van der Waals surface area contributed by atoms with Gasteiger partial charge in [-0.15, -0.1) is 0 Å². The monoisotopic (exact) mass is 292 g/mol. The summed E-state index contributed by atoms with van der Waals surface area (Å²) in [7, 11) is 0. The maximum Gasteiger partial charge on any atom is 0.0332 e. The Morgan fingerprint density at radius 3 is 2.24 bits per heavy atom. The lowest BCUT2D eigenvalue weighted by molar-refractivity contribution is 0.0151. The molecule has 2 N–H and O–H groups in total. The quantitative estimate of drug-likeness (QED) is 0.839. The highest BCUT2D eigenvalue weighted by molar-refractivity contribution is 5.01. The zero-order valence-corrected chi connectivity index (χ0v) is 14.2. The summed E-state index contributed by atoms with van der Waals surface area (Å²) in [5.41, 5.74) is 7.42. The molecule has 2 heteroatoms. The molecule has 1 aliphatic heterocycles. The molecule has 0 amide bonds. The summed E-state index contributed by atoms with van der Waals surface area (Å²) >= 11 is 0. The Hall–Kier alpha value is -0.0800. The Morgan fingerprint density at radius 1 is 0.905 bits per heavy atom. The Bertz CT molecular complexity index is 322. The first-order valence-corrected chi connectivity index (χ1v) is 9.67. The van der Waals surface area contributed by atoms with E-state index in [1.807, 2.05) is 0 Å². The number of rotatable bonds is 3. The van der Waals surface area contributed by atoms with E-state index in [4.69, 9.17) is 5.73 Å². The first-order valence-electron chi connectivity index (χ1n) is 9.67. The molecule has 1 saturated heterocycles. The predicted octanol–water partition coefficient (Wildman–Crippen LogP) is 4.33. The van der Waals surface area contributed by atoms with Gasteiger partial charge in [0.05, 0.1) is 0 Å². The van der Waals surface area contributed by atoms with Gasteiger partial charge in [0.15, 0.2) is 0 Å². The van der Waals surface area contributed by atoms with Crippen LogP contribution in [0.3, 0.4) is 0 Å². The second-order valence-electron chi connectivity index (χ2n) is 8.33. The lowest BCUT2D eigenvalue weighted by Gasteiger charge is -2.50. The molecular weight excluding hydrogens is 256 g/mol. The largest absolute Gasteiger partial charge is 0.329 e. The normalized spacial score (nSPS) is 33.1. The molecule has 1 unspecified atom stereocenters. The first kappa shape index (κ1) is 15.8. The summed E-state index contributed by atoms with van der Waals surface area (Å²) in [4.78, 5) is 2.82. The molecule has 0 bridgehead atoms. The molecule has 1 atom stereocenters.